The van der Waals surface area contributed by atoms with Gasteiger partial charge in [-0.05, 0) is 74.6 Å². The van der Waals surface area contributed by atoms with Crippen molar-refractivity contribution in [2.24, 2.45) is 11.8 Å². The Bertz CT molecular complexity index is 1080. The average molecular weight is 521 g/mol. The third-order valence-electron chi connectivity index (χ3n) is 8.12. The Morgan fingerprint density at radius 1 is 1.06 bits per heavy atom. The van der Waals surface area contributed by atoms with E-state index >= 15 is 0 Å². The van der Waals surface area contributed by atoms with Gasteiger partial charge in [0.1, 0.15) is 29.8 Å². The van der Waals surface area contributed by atoms with E-state index in [9.17, 15) is 25.2 Å². The van der Waals surface area contributed by atoms with Gasteiger partial charge in [0.15, 0.2) is 6.10 Å². The van der Waals surface area contributed by atoms with Crippen LogP contribution >= 0.6 is 11.6 Å². The zero-order chi connectivity index (χ0) is 25.6. The Labute approximate surface area is 215 Å². The molecule has 36 heavy (non-hydrogen) atoms. The van der Waals surface area contributed by atoms with Gasteiger partial charge in [0.2, 0.25) is 6.29 Å². The highest BCUT2D eigenvalue weighted by Gasteiger charge is 2.48. The molecule has 196 valence electrons. The molecule has 2 bridgehead atoms. The monoisotopic (exact) mass is 520 g/mol. The Hall–Kier alpha value is -2.10. The van der Waals surface area contributed by atoms with Crippen molar-refractivity contribution in [3.8, 4) is 5.75 Å². The second-order valence-electron chi connectivity index (χ2n) is 10.2. The highest BCUT2D eigenvalue weighted by Crippen LogP contribution is 2.53. The van der Waals surface area contributed by atoms with Crippen molar-refractivity contribution >= 4 is 23.3 Å². The molecule has 0 spiro atoms. The molecule has 1 heterocycles. The highest BCUT2D eigenvalue weighted by atomic mass is 35.5. The van der Waals surface area contributed by atoms with Crippen LogP contribution in [0.1, 0.15) is 56.9 Å². The van der Waals surface area contributed by atoms with Gasteiger partial charge in [-0.25, -0.2) is 4.79 Å². The van der Waals surface area contributed by atoms with E-state index in [1.165, 1.54) is 31.3 Å². The maximum absolute atomic E-state index is 11.4. The van der Waals surface area contributed by atoms with E-state index in [-0.39, 0.29) is 10.8 Å². The predicted octanol–water partition coefficient (Wildman–Crippen LogP) is 3.66. The second-order valence-corrected chi connectivity index (χ2v) is 10.6. The number of fused-ring (bicyclic) bond motifs is 3. The third kappa shape index (κ3) is 4.54. The zero-order valence-electron chi connectivity index (χ0n) is 20.2. The summed E-state index contributed by atoms with van der Waals surface area (Å²) in [7, 11) is 1.67. The number of carbonyl (C=O) groups is 1. The van der Waals surface area contributed by atoms with Crippen molar-refractivity contribution in [1.82, 2.24) is 0 Å². The average Bonchev–Trinajstić information content (AvgIpc) is 2.86. The molecule has 9 heteroatoms. The van der Waals surface area contributed by atoms with E-state index < -0.39 is 36.7 Å². The predicted molar refractivity (Wildman–Crippen MR) is 131 cm³/mol. The molecule has 1 saturated heterocycles. The fraction of sp³-hybridized carbons (Fsp3) is 0.593. The van der Waals surface area contributed by atoms with Crippen LogP contribution in [0.2, 0.25) is 5.02 Å². The van der Waals surface area contributed by atoms with Gasteiger partial charge in [-0.1, -0.05) is 29.2 Å². The number of ether oxygens (including phenoxy) is 3. The normalized spacial score (nSPS) is 35.6. The van der Waals surface area contributed by atoms with Crippen LogP contribution in [0.25, 0.3) is 5.76 Å². The highest BCUT2D eigenvalue weighted by molar-refractivity contribution is 6.32. The van der Waals surface area contributed by atoms with Gasteiger partial charge in [-0.3, -0.25) is 0 Å². The van der Waals surface area contributed by atoms with Gasteiger partial charge in [-0.15, -0.1) is 0 Å². The van der Waals surface area contributed by atoms with Crippen LogP contribution in [0.3, 0.4) is 0 Å². The lowest BCUT2D eigenvalue weighted by atomic mass is 9.62. The number of benzene rings is 1. The van der Waals surface area contributed by atoms with Crippen molar-refractivity contribution in [2.45, 2.75) is 82.1 Å². The first kappa shape index (κ1) is 25.5. The number of allylic oxidation sites excluding steroid dienone is 3. The van der Waals surface area contributed by atoms with Crippen molar-refractivity contribution < 1.29 is 39.4 Å². The molecular weight excluding hydrogens is 488 g/mol. The molecule has 7 atom stereocenters. The molecule has 8 nitrogen and oxygen atoms in total. The SMILES string of the molecule is CO/C(=C1\C2CCCC1C1=C(CCCC1)C2)c1ccc(Cl)c(O[C@@H]2OC(C(=O)O)[C@@H](O)C(O)[C@@H]2O)c1. The fourth-order valence-electron chi connectivity index (χ4n) is 6.44. The van der Waals surface area contributed by atoms with E-state index in [2.05, 4.69) is 0 Å². The summed E-state index contributed by atoms with van der Waals surface area (Å²) in [5.41, 5.74) is 5.34. The van der Waals surface area contributed by atoms with Gasteiger partial charge in [0.25, 0.3) is 0 Å². The smallest absolute Gasteiger partial charge is 0.335 e. The maximum Gasteiger partial charge on any atom is 0.335 e. The van der Waals surface area contributed by atoms with E-state index in [0.717, 1.165) is 37.0 Å². The molecule has 4 unspecified atom stereocenters. The first-order valence-electron chi connectivity index (χ1n) is 12.7. The Morgan fingerprint density at radius 3 is 2.58 bits per heavy atom. The molecule has 0 radical (unpaired) electrons. The number of aliphatic hydroxyl groups excluding tert-OH is 3. The van der Waals surface area contributed by atoms with Crippen LogP contribution in [0, 0.1) is 11.8 Å². The Morgan fingerprint density at radius 2 is 1.83 bits per heavy atom. The number of carboxylic acids is 1. The van der Waals surface area contributed by atoms with Gasteiger partial charge in [0.05, 0.1) is 12.1 Å². The molecule has 1 aromatic rings. The molecular formula is C27H33ClO8. The molecule has 4 aliphatic rings. The Kier molecular flexibility index (Phi) is 7.34. The minimum Gasteiger partial charge on any atom is -0.496 e. The molecule has 1 saturated carbocycles. The Balaban J connectivity index is 1.48. The number of halogens is 1. The van der Waals surface area contributed by atoms with Gasteiger partial charge >= 0.3 is 5.97 Å². The lowest BCUT2D eigenvalue weighted by Gasteiger charge is -2.43. The summed E-state index contributed by atoms with van der Waals surface area (Å²) in [6.07, 6.45) is 0.871. The van der Waals surface area contributed by atoms with Crippen LogP contribution in [-0.2, 0) is 14.3 Å². The summed E-state index contributed by atoms with van der Waals surface area (Å²) in [6.45, 7) is 0. The summed E-state index contributed by atoms with van der Waals surface area (Å²) in [5, 5.41) is 40.0. The summed E-state index contributed by atoms with van der Waals surface area (Å²) >= 11 is 6.39. The molecule has 0 aromatic heterocycles. The van der Waals surface area contributed by atoms with Crippen LogP contribution in [0.5, 0.6) is 5.75 Å². The number of hydrogen-bond donors (Lipinski definition) is 4. The maximum atomic E-state index is 11.4. The number of aliphatic carboxylic acids is 1. The summed E-state index contributed by atoms with van der Waals surface area (Å²) in [6, 6.07) is 5.21. The summed E-state index contributed by atoms with van der Waals surface area (Å²) < 4.78 is 17.1. The molecule has 1 aromatic carbocycles. The fourth-order valence-corrected chi connectivity index (χ4v) is 6.60. The lowest BCUT2D eigenvalue weighted by Crippen LogP contribution is -2.61. The minimum absolute atomic E-state index is 0.152. The zero-order valence-corrected chi connectivity index (χ0v) is 21.0. The third-order valence-corrected chi connectivity index (χ3v) is 8.43. The van der Waals surface area contributed by atoms with Crippen molar-refractivity contribution in [3.05, 3.63) is 45.5 Å². The first-order valence-corrected chi connectivity index (χ1v) is 13.1. The summed E-state index contributed by atoms with van der Waals surface area (Å²) in [5.74, 6) is 0.298. The van der Waals surface area contributed by atoms with Crippen LogP contribution in [0.4, 0.5) is 0 Å². The minimum atomic E-state index is -1.80. The van der Waals surface area contributed by atoms with Crippen LogP contribution in [-0.4, -0.2) is 64.2 Å². The van der Waals surface area contributed by atoms with Crippen LogP contribution < -0.4 is 4.74 Å². The van der Waals surface area contributed by atoms with Gasteiger partial charge in [0, 0.05) is 11.5 Å². The van der Waals surface area contributed by atoms with Crippen LogP contribution in [0.15, 0.2) is 34.9 Å². The second kappa shape index (κ2) is 10.3. The molecule has 1 aliphatic heterocycles. The number of rotatable bonds is 5. The standard InChI is InChI=1S/C27H33ClO8/c1-34-24(20-14-6-4-8-17(20)16-7-3-2-5-13(16)11-14)15-9-10-18(28)19(12-15)35-27-23(31)21(29)22(30)25(36-27)26(32)33/h9-10,12,14,17,21-23,25,27,29-31H,2-8,11H2,1H3,(H,32,33)/b24-20+/t14?,17?,21?,22-,23-,25?,27+/m0/s1. The summed E-state index contributed by atoms with van der Waals surface area (Å²) in [4.78, 5) is 11.4. The topological polar surface area (TPSA) is 126 Å². The van der Waals surface area contributed by atoms with E-state index in [1.54, 1.807) is 30.4 Å². The van der Waals surface area contributed by atoms with Gasteiger partial charge in [-0.2, -0.15) is 0 Å². The number of carboxylic acid groups (broad SMARTS) is 1. The first-order chi connectivity index (χ1) is 17.3. The number of methoxy groups -OCH3 is 1. The molecule has 4 N–H and O–H groups in total. The van der Waals surface area contributed by atoms with Crippen molar-refractivity contribution in [1.29, 1.82) is 0 Å². The van der Waals surface area contributed by atoms with Crippen molar-refractivity contribution in [3.63, 3.8) is 0 Å². The number of hydrogen-bond acceptors (Lipinski definition) is 7. The van der Waals surface area contributed by atoms with E-state index in [0.29, 0.717) is 11.8 Å². The van der Waals surface area contributed by atoms with Crippen molar-refractivity contribution in [2.75, 3.05) is 7.11 Å². The quantitative estimate of drug-likeness (QED) is 0.342. The lowest BCUT2D eigenvalue weighted by molar-refractivity contribution is -0.271. The largest absolute Gasteiger partial charge is 0.496 e. The molecule has 2 fully saturated rings. The van der Waals surface area contributed by atoms with E-state index in [1.807, 2.05) is 6.07 Å². The molecule has 3 aliphatic carbocycles. The van der Waals surface area contributed by atoms with E-state index in [4.69, 9.17) is 25.8 Å². The molecule has 0 amide bonds. The van der Waals surface area contributed by atoms with Gasteiger partial charge < -0.3 is 34.6 Å². The molecule has 5 rings (SSSR count). The number of aliphatic hydroxyl groups is 3.